The van der Waals surface area contributed by atoms with Crippen LogP contribution >= 0.6 is 0 Å². The molecule has 0 radical (unpaired) electrons. The van der Waals surface area contributed by atoms with Crippen LogP contribution in [-0.4, -0.2) is 20.9 Å². The lowest BCUT2D eigenvalue weighted by molar-refractivity contribution is -0.121. The topological polar surface area (TPSA) is 75.3 Å². The van der Waals surface area contributed by atoms with Crippen molar-refractivity contribution in [2.45, 2.75) is 12.5 Å². The average Bonchev–Trinajstić information content (AvgIpc) is 2.60. The number of rotatable bonds is 4. The van der Waals surface area contributed by atoms with E-state index in [0.29, 0.717) is 6.54 Å². The Morgan fingerprint density at radius 2 is 1.79 bits per heavy atom. The van der Waals surface area contributed by atoms with Crippen molar-refractivity contribution in [3.05, 3.63) is 76.7 Å². The summed E-state index contributed by atoms with van der Waals surface area (Å²) in [4.78, 5) is 12.4. The van der Waals surface area contributed by atoms with Crippen molar-refractivity contribution in [3.63, 3.8) is 0 Å². The normalized spacial score (nSPS) is 17.4. The van der Waals surface area contributed by atoms with Gasteiger partial charge in [-0.25, -0.2) is 13.1 Å². The number of hydrogen-bond donors (Lipinski definition) is 2. The second-order valence-electron chi connectivity index (χ2n) is 5.56. The molecule has 2 aromatic rings. The van der Waals surface area contributed by atoms with E-state index in [9.17, 15) is 13.2 Å². The van der Waals surface area contributed by atoms with Crippen molar-refractivity contribution >= 4 is 22.0 Å². The lowest BCUT2D eigenvalue weighted by Gasteiger charge is -2.25. The molecule has 124 valence electrons. The number of nitrogens with one attached hydrogen (secondary N) is 2. The van der Waals surface area contributed by atoms with Gasteiger partial charge in [0.2, 0.25) is 0 Å². The number of benzene rings is 2. The second-order valence-corrected chi connectivity index (χ2v) is 7.13. The average molecular weight is 342 g/mol. The molecule has 1 unspecified atom stereocenters. The predicted octanol–water partition coefficient (Wildman–Crippen LogP) is 1.99. The van der Waals surface area contributed by atoms with Gasteiger partial charge in [-0.1, -0.05) is 54.6 Å². The summed E-state index contributed by atoms with van der Waals surface area (Å²) in [6, 6.07) is 15.9. The van der Waals surface area contributed by atoms with Gasteiger partial charge >= 0.3 is 0 Å². The molecule has 1 aliphatic rings. The van der Waals surface area contributed by atoms with E-state index in [1.165, 1.54) is 6.08 Å². The minimum Gasteiger partial charge on any atom is -0.302 e. The van der Waals surface area contributed by atoms with Crippen LogP contribution in [0.5, 0.6) is 0 Å². The van der Waals surface area contributed by atoms with Crippen LogP contribution in [0.15, 0.2) is 60.0 Å². The molecule has 0 spiro atoms. The molecule has 1 aliphatic heterocycles. The maximum absolute atomic E-state index is 12.4. The number of carbonyl (C=O) groups excluding carboxylic acids is 1. The van der Waals surface area contributed by atoms with E-state index in [2.05, 4.69) is 10.0 Å². The number of fused-ring (bicyclic) bond motifs is 1. The maximum atomic E-state index is 12.4. The third-order valence-electron chi connectivity index (χ3n) is 3.85. The van der Waals surface area contributed by atoms with E-state index < -0.39 is 22.0 Å². The molecule has 0 fully saturated rings. The van der Waals surface area contributed by atoms with E-state index in [-0.39, 0.29) is 0 Å². The van der Waals surface area contributed by atoms with Crippen molar-refractivity contribution in [3.8, 4) is 0 Å². The summed E-state index contributed by atoms with van der Waals surface area (Å²) in [6.07, 6.45) is 2.28. The quantitative estimate of drug-likeness (QED) is 0.891. The van der Waals surface area contributed by atoms with Gasteiger partial charge in [0.15, 0.2) is 0 Å². The first kappa shape index (κ1) is 16.4. The fourth-order valence-corrected chi connectivity index (χ4v) is 3.51. The van der Waals surface area contributed by atoms with E-state index in [1.807, 2.05) is 42.5 Å². The zero-order valence-electron chi connectivity index (χ0n) is 13.0. The van der Waals surface area contributed by atoms with Gasteiger partial charge in [-0.2, -0.15) is 0 Å². The molecule has 6 heteroatoms. The van der Waals surface area contributed by atoms with Gasteiger partial charge < -0.3 is 5.32 Å². The highest BCUT2D eigenvalue weighted by atomic mass is 32.2. The summed E-state index contributed by atoms with van der Waals surface area (Å²) in [5, 5.41) is 4.08. The van der Waals surface area contributed by atoms with Crippen molar-refractivity contribution < 1.29 is 13.2 Å². The molecular weight excluding hydrogens is 324 g/mol. The molecule has 1 heterocycles. The molecule has 24 heavy (non-hydrogen) atoms. The Bertz CT molecular complexity index is 861. The van der Waals surface area contributed by atoms with E-state index in [4.69, 9.17) is 0 Å². The molecule has 2 N–H and O–H groups in total. The minimum atomic E-state index is -3.85. The van der Waals surface area contributed by atoms with Gasteiger partial charge in [0.1, 0.15) is 6.04 Å². The number of carbonyl (C=O) groups is 1. The summed E-state index contributed by atoms with van der Waals surface area (Å²) in [7, 11) is -3.85. The van der Waals surface area contributed by atoms with Gasteiger partial charge in [-0.3, -0.25) is 4.79 Å². The first-order valence-electron chi connectivity index (χ1n) is 7.66. The summed E-state index contributed by atoms with van der Waals surface area (Å²) in [5.74, 6) is -0.570. The largest absolute Gasteiger partial charge is 0.302 e. The van der Waals surface area contributed by atoms with Crippen LogP contribution in [0.1, 0.15) is 22.7 Å². The van der Waals surface area contributed by atoms with Crippen molar-refractivity contribution in [2.75, 3.05) is 6.54 Å². The molecular formula is C18H18N2O3S. The molecule has 0 aliphatic carbocycles. The van der Waals surface area contributed by atoms with Gasteiger partial charge in [-0.05, 0) is 29.2 Å². The molecule has 0 bridgehead atoms. The summed E-state index contributed by atoms with van der Waals surface area (Å²) < 4.78 is 26.4. The van der Waals surface area contributed by atoms with Crippen LogP contribution in [0, 0.1) is 0 Å². The van der Waals surface area contributed by atoms with Gasteiger partial charge in [0, 0.05) is 6.54 Å². The third kappa shape index (κ3) is 3.90. The van der Waals surface area contributed by atoms with E-state index in [1.54, 1.807) is 12.1 Å². The van der Waals surface area contributed by atoms with Crippen LogP contribution in [0.2, 0.25) is 0 Å². The first-order valence-corrected chi connectivity index (χ1v) is 9.21. The van der Waals surface area contributed by atoms with Gasteiger partial charge in [0.05, 0.1) is 5.41 Å². The van der Waals surface area contributed by atoms with Crippen LogP contribution in [0.3, 0.4) is 0 Å². The Morgan fingerprint density at radius 1 is 1.08 bits per heavy atom. The molecule has 3 rings (SSSR count). The monoisotopic (exact) mass is 342 g/mol. The molecule has 2 aromatic carbocycles. The minimum absolute atomic E-state index is 0.570. The fourth-order valence-electron chi connectivity index (χ4n) is 2.70. The Balaban J connectivity index is 1.74. The first-order chi connectivity index (χ1) is 11.6. The SMILES string of the molecule is O=C(NS(=O)(=O)C=Cc1ccccc1)C1NCCc2ccccc21. The Hall–Kier alpha value is -2.44. The molecule has 0 saturated carbocycles. The number of sulfonamides is 1. The third-order valence-corrected chi connectivity index (χ3v) is 4.83. The highest BCUT2D eigenvalue weighted by molar-refractivity contribution is 7.93. The molecule has 5 nitrogen and oxygen atoms in total. The van der Waals surface area contributed by atoms with Crippen LogP contribution < -0.4 is 10.0 Å². The van der Waals surface area contributed by atoms with E-state index in [0.717, 1.165) is 28.5 Å². The smallest absolute Gasteiger partial charge is 0.257 e. The van der Waals surface area contributed by atoms with Crippen molar-refractivity contribution in [1.29, 1.82) is 0 Å². The van der Waals surface area contributed by atoms with E-state index >= 15 is 0 Å². The fraction of sp³-hybridized carbons (Fsp3) is 0.167. The maximum Gasteiger partial charge on any atom is 0.257 e. The molecule has 1 amide bonds. The lowest BCUT2D eigenvalue weighted by atomic mass is 9.94. The van der Waals surface area contributed by atoms with Crippen LogP contribution in [-0.2, 0) is 21.2 Å². The molecule has 0 aromatic heterocycles. The lowest BCUT2D eigenvalue weighted by Crippen LogP contribution is -2.42. The number of hydrogen-bond acceptors (Lipinski definition) is 4. The Kier molecular flexibility index (Phi) is 4.78. The molecule has 0 saturated heterocycles. The van der Waals surface area contributed by atoms with Crippen molar-refractivity contribution in [1.82, 2.24) is 10.0 Å². The zero-order chi connectivity index (χ0) is 17.0. The van der Waals surface area contributed by atoms with Gasteiger partial charge in [0.25, 0.3) is 15.9 Å². The summed E-state index contributed by atoms with van der Waals surface area (Å²) in [5.41, 5.74) is 2.63. The van der Waals surface area contributed by atoms with Crippen molar-refractivity contribution in [2.24, 2.45) is 0 Å². The Labute approximate surface area is 141 Å². The zero-order valence-corrected chi connectivity index (χ0v) is 13.8. The predicted molar refractivity (Wildman–Crippen MR) is 93.4 cm³/mol. The highest BCUT2D eigenvalue weighted by Gasteiger charge is 2.27. The van der Waals surface area contributed by atoms with Crippen LogP contribution in [0.25, 0.3) is 6.08 Å². The molecule has 1 atom stereocenters. The van der Waals surface area contributed by atoms with Gasteiger partial charge in [-0.15, -0.1) is 0 Å². The standard InChI is InChI=1S/C18H18N2O3S/c21-18(17-16-9-5-4-8-15(16)10-12-19-17)20-24(22,23)13-11-14-6-2-1-3-7-14/h1-9,11,13,17,19H,10,12H2,(H,20,21). The highest BCUT2D eigenvalue weighted by Crippen LogP contribution is 2.22. The Morgan fingerprint density at radius 3 is 2.58 bits per heavy atom. The summed E-state index contributed by atoms with van der Waals surface area (Å²) in [6.45, 7) is 0.634. The van der Waals surface area contributed by atoms with Crippen LogP contribution in [0.4, 0.5) is 0 Å². The summed E-state index contributed by atoms with van der Waals surface area (Å²) >= 11 is 0. The second kappa shape index (κ2) is 6.98. The number of amides is 1.